The summed E-state index contributed by atoms with van der Waals surface area (Å²) >= 11 is 0. The van der Waals surface area contributed by atoms with Gasteiger partial charge in [-0.3, -0.25) is 19.4 Å². The molecule has 2 aliphatic heterocycles. The minimum atomic E-state index is -0.336. The minimum absolute atomic E-state index is 0.0270. The van der Waals surface area contributed by atoms with Crippen molar-refractivity contribution in [2.75, 3.05) is 44.3 Å². The Morgan fingerprint density at radius 3 is 2.53 bits per heavy atom. The number of carbonyl (C=O) groups excluding carboxylic acids is 2. The maximum Gasteiger partial charge on any atom is 0.248 e. The van der Waals surface area contributed by atoms with Crippen LogP contribution in [0.2, 0.25) is 0 Å². The number of hydrogen-bond donors (Lipinski definition) is 1. The van der Waals surface area contributed by atoms with Crippen LogP contribution in [-0.2, 0) is 20.9 Å². The van der Waals surface area contributed by atoms with Crippen molar-refractivity contribution < 1.29 is 18.7 Å². The van der Waals surface area contributed by atoms with Gasteiger partial charge < -0.3 is 10.1 Å². The number of hydrogen-bond acceptors (Lipinski definition) is 5. The van der Waals surface area contributed by atoms with Crippen molar-refractivity contribution in [2.24, 2.45) is 0 Å². The minimum Gasteiger partial charge on any atom is -0.379 e. The molecule has 0 radical (unpaired) electrons. The molecule has 1 aromatic heterocycles. The number of aromatic nitrogens is 2. The molecular formula is C29H32FN5O3. The molecular weight excluding hydrogens is 485 g/mol. The predicted octanol–water partition coefficient (Wildman–Crippen LogP) is 3.40. The van der Waals surface area contributed by atoms with Gasteiger partial charge >= 0.3 is 0 Å². The SMILES string of the molecule is C=C(CN1CCOCC1)C(=O)NCc1nn(-c2ccccc2)c2c1C(c1ccc(F)cc1)CC(=O)N2CC. The standard InChI is InChI=1S/C29H32FN5O3/c1-3-34-26(36)17-24(21-9-11-22(30)12-10-21)27-25(32-35(29(27)34)23-7-5-4-6-8-23)18-31-28(37)20(2)19-33-13-15-38-16-14-33/h4-12,24H,2-3,13-19H2,1H3,(H,31,37). The van der Waals surface area contributed by atoms with E-state index in [1.165, 1.54) is 12.1 Å². The third kappa shape index (κ3) is 5.25. The number of benzene rings is 2. The highest BCUT2D eigenvalue weighted by Gasteiger charge is 2.38. The fourth-order valence-electron chi connectivity index (χ4n) is 5.16. The van der Waals surface area contributed by atoms with E-state index in [4.69, 9.17) is 9.84 Å². The Labute approximate surface area is 221 Å². The molecule has 8 nitrogen and oxygen atoms in total. The normalized spacial score (nSPS) is 17.8. The second-order valence-electron chi connectivity index (χ2n) is 9.55. The van der Waals surface area contributed by atoms with Crippen molar-refractivity contribution in [2.45, 2.75) is 25.8 Å². The predicted molar refractivity (Wildman–Crippen MR) is 143 cm³/mol. The molecule has 0 aliphatic carbocycles. The van der Waals surface area contributed by atoms with Crippen LogP contribution in [0.4, 0.5) is 10.2 Å². The van der Waals surface area contributed by atoms with Crippen LogP contribution in [-0.4, -0.2) is 65.9 Å². The average molecular weight is 518 g/mol. The number of amides is 2. The highest BCUT2D eigenvalue weighted by molar-refractivity contribution is 5.97. The van der Waals surface area contributed by atoms with Gasteiger partial charge in [0.2, 0.25) is 11.8 Å². The summed E-state index contributed by atoms with van der Waals surface area (Å²) < 4.78 is 20.9. The van der Waals surface area contributed by atoms with Gasteiger partial charge in [-0.15, -0.1) is 0 Å². The fraction of sp³-hybridized carbons (Fsp3) is 0.345. The molecule has 3 aromatic rings. The van der Waals surface area contributed by atoms with Gasteiger partial charge in [0.05, 0.1) is 31.1 Å². The van der Waals surface area contributed by atoms with Gasteiger partial charge in [-0.2, -0.15) is 5.10 Å². The van der Waals surface area contributed by atoms with E-state index in [0.29, 0.717) is 43.4 Å². The average Bonchev–Trinajstić information content (AvgIpc) is 3.32. The van der Waals surface area contributed by atoms with Crippen LogP contribution in [0.25, 0.3) is 5.69 Å². The van der Waals surface area contributed by atoms with E-state index in [1.54, 1.807) is 21.7 Å². The lowest BCUT2D eigenvalue weighted by molar-refractivity contribution is -0.119. The van der Waals surface area contributed by atoms with Crippen LogP contribution in [0.15, 0.2) is 66.7 Å². The van der Waals surface area contributed by atoms with Gasteiger partial charge in [0.25, 0.3) is 0 Å². The second kappa shape index (κ2) is 11.3. The Bertz CT molecular complexity index is 1320. The number of nitrogens with one attached hydrogen (secondary N) is 1. The molecule has 38 heavy (non-hydrogen) atoms. The number of morpholine rings is 1. The number of nitrogens with zero attached hydrogens (tertiary/aromatic N) is 4. The van der Waals surface area contributed by atoms with Crippen molar-refractivity contribution in [3.8, 4) is 5.69 Å². The van der Waals surface area contributed by atoms with E-state index in [0.717, 1.165) is 29.9 Å². The number of halogens is 1. The Balaban J connectivity index is 1.50. The molecule has 0 saturated carbocycles. The Morgan fingerprint density at radius 2 is 1.84 bits per heavy atom. The lowest BCUT2D eigenvalue weighted by Crippen LogP contribution is -2.40. The zero-order valence-corrected chi connectivity index (χ0v) is 21.5. The first kappa shape index (κ1) is 25.8. The molecule has 1 unspecified atom stereocenters. The number of anilines is 1. The molecule has 1 fully saturated rings. The van der Waals surface area contributed by atoms with Gasteiger partial charge in [0.15, 0.2) is 0 Å². The van der Waals surface area contributed by atoms with Crippen molar-refractivity contribution in [3.63, 3.8) is 0 Å². The maximum atomic E-state index is 13.7. The highest BCUT2D eigenvalue weighted by atomic mass is 19.1. The summed E-state index contributed by atoms with van der Waals surface area (Å²) in [4.78, 5) is 30.2. The number of para-hydroxylation sites is 1. The summed E-state index contributed by atoms with van der Waals surface area (Å²) in [7, 11) is 0. The molecule has 2 aliphatic rings. The van der Waals surface area contributed by atoms with Crippen LogP contribution >= 0.6 is 0 Å². The monoisotopic (exact) mass is 517 g/mol. The summed E-state index contributed by atoms with van der Waals surface area (Å²) in [5, 5.41) is 7.91. The number of ether oxygens (including phenoxy) is 1. The third-order valence-corrected chi connectivity index (χ3v) is 7.10. The van der Waals surface area contributed by atoms with Crippen molar-refractivity contribution in [1.82, 2.24) is 20.0 Å². The summed E-state index contributed by atoms with van der Waals surface area (Å²) in [5.74, 6) is -0.238. The van der Waals surface area contributed by atoms with E-state index in [2.05, 4.69) is 16.8 Å². The van der Waals surface area contributed by atoms with E-state index in [9.17, 15) is 14.0 Å². The molecule has 2 aromatic carbocycles. The first-order valence-corrected chi connectivity index (χ1v) is 13.0. The molecule has 0 spiro atoms. The molecule has 1 atom stereocenters. The van der Waals surface area contributed by atoms with Crippen molar-refractivity contribution in [3.05, 3.63) is 89.4 Å². The van der Waals surface area contributed by atoms with Gasteiger partial charge in [-0.25, -0.2) is 9.07 Å². The van der Waals surface area contributed by atoms with Crippen LogP contribution in [0.3, 0.4) is 0 Å². The van der Waals surface area contributed by atoms with E-state index in [1.807, 2.05) is 37.3 Å². The van der Waals surface area contributed by atoms with Gasteiger partial charge in [0, 0.05) is 49.7 Å². The number of fused-ring (bicyclic) bond motifs is 1. The smallest absolute Gasteiger partial charge is 0.248 e. The van der Waals surface area contributed by atoms with Crippen molar-refractivity contribution in [1.29, 1.82) is 0 Å². The van der Waals surface area contributed by atoms with Gasteiger partial charge in [0.1, 0.15) is 11.6 Å². The number of carbonyl (C=O) groups is 2. The summed E-state index contributed by atoms with van der Waals surface area (Å²) in [6.45, 7) is 9.88. The molecule has 0 bridgehead atoms. The van der Waals surface area contributed by atoms with Gasteiger partial charge in [-0.1, -0.05) is 36.9 Å². The zero-order chi connectivity index (χ0) is 26.6. The van der Waals surface area contributed by atoms with Crippen LogP contribution in [0, 0.1) is 5.82 Å². The molecule has 9 heteroatoms. The van der Waals surface area contributed by atoms with Crippen LogP contribution in [0.5, 0.6) is 0 Å². The molecule has 1 N–H and O–H groups in total. The largest absolute Gasteiger partial charge is 0.379 e. The van der Waals surface area contributed by atoms with E-state index >= 15 is 0 Å². The van der Waals surface area contributed by atoms with Crippen LogP contribution < -0.4 is 10.2 Å². The molecule has 3 heterocycles. The summed E-state index contributed by atoms with van der Waals surface area (Å²) in [6, 6.07) is 15.9. The summed E-state index contributed by atoms with van der Waals surface area (Å²) in [5.41, 5.74) is 3.64. The lowest BCUT2D eigenvalue weighted by Gasteiger charge is -2.32. The summed E-state index contributed by atoms with van der Waals surface area (Å²) in [6.07, 6.45) is 0.234. The van der Waals surface area contributed by atoms with Crippen molar-refractivity contribution >= 4 is 17.6 Å². The third-order valence-electron chi connectivity index (χ3n) is 7.10. The van der Waals surface area contributed by atoms with E-state index in [-0.39, 0.29) is 36.5 Å². The first-order valence-electron chi connectivity index (χ1n) is 13.0. The quantitative estimate of drug-likeness (QED) is 0.464. The van der Waals surface area contributed by atoms with Crippen LogP contribution in [0.1, 0.15) is 36.1 Å². The van der Waals surface area contributed by atoms with E-state index < -0.39 is 0 Å². The second-order valence-corrected chi connectivity index (χ2v) is 9.55. The topological polar surface area (TPSA) is 79.7 Å². The lowest BCUT2D eigenvalue weighted by atomic mass is 9.84. The Morgan fingerprint density at radius 1 is 1.13 bits per heavy atom. The molecule has 198 valence electrons. The Kier molecular flexibility index (Phi) is 7.67. The van der Waals surface area contributed by atoms with Gasteiger partial charge in [-0.05, 0) is 36.8 Å². The number of rotatable bonds is 8. The fourth-order valence-corrected chi connectivity index (χ4v) is 5.16. The zero-order valence-electron chi connectivity index (χ0n) is 21.5. The molecule has 1 saturated heterocycles. The Hall–Kier alpha value is -3.82. The highest BCUT2D eigenvalue weighted by Crippen LogP contribution is 2.43. The first-order chi connectivity index (χ1) is 18.5. The molecule has 2 amide bonds. The molecule has 5 rings (SSSR count). The maximum absolute atomic E-state index is 13.7.